The van der Waals surface area contributed by atoms with Gasteiger partial charge in [0.2, 0.25) is 0 Å². The molecule has 1 amide bonds. The number of morpholine rings is 1. The van der Waals surface area contributed by atoms with E-state index in [-0.39, 0.29) is 5.91 Å². The SMILES string of the molecule is Cc1ccc(-c2cc(C(N)=O)c(C)n2CCCN2CCOCC2)cc1. The maximum atomic E-state index is 11.8. The number of nitrogens with two attached hydrogens (primary N) is 1. The summed E-state index contributed by atoms with van der Waals surface area (Å²) in [6.07, 6.45) is 1.03. The summed E-state index contributed by atoms with van der Waals surface area (Å²) >= 11 is 0. The molecule has 1 aromatic heterocycles. The van der Waals surface area contributed by atoms with Crippen LogP contribution in [-0.2, 0) is 11.3 Å². The Morgan fingerprint density at radius 2 is 1.80 bits per heavy atom. The lowest BCUT2D eigenvalue weighted by molar-refractivity contribution is 0.0369. The molecule has 3 rings (SSSR count). The van der Waals surface area contributed by atoms with Gasteiger partial charge in [-0.05, 0) is 31.9 Å². The van der Waals surface area contributed by atoms with Crippen LogP contribution in [0.5, 0.6) is 0 Å². The fraction of sp³-hybridized carbons (Fsp3) is 0.450. The van der Waals surface area contributed by atoms with Gasteiger partial charge in [-0.2, -0.15) is 0 Å². The zero-order valence-corrected chi connectivity index (χ0v) is 15.1. The van der Waals surface area contributed by atoms with Gasteiger partial charge in [0.15, 0.2) is 0 Å². The number of nitrogens with zero attached hydrogens (tertiary/aromatic N) is 2. The summed E-state index contributed by atoms with van der Waals surface area (Å²) in [5, 5.41) is 0. The second-order valence-corrected chi connectivity index (χ2v) is 6.72. The van der Waals surface area contributed by atoms with E-state index < -0.39 is 0 Å². The molecule has 2 N–H and O–H groups in total. The van der Waals surface area contributed by atoms with Crippen LogP contribution in [0.25, 0.3) is 11.3 Å². The van der Waals surface area contributed by atoms with E-state index in [1.165, 1.54) is 5.56 Å². The van der Waals surface area contributed by atoms with Crippen molar-refractivity contribution in [3.63, 3.8) is 0 Å². The van der Waals surface area contributed by atoms with Gasteiger partial charge in [0, 0.05) is 37.6 Å². The number of ether oxygens (including phenoxy) is 1. The normalized spacial score (nSPS) is 15.4. The van der Waals surface area contributed by atoms with Crippen LogP contribution in [0.15, 0.2) is 30.3 Å². The van der Waals surface area contributed by atoms with Crippen molar-refractivity contribution in [3.8, 4) is 11.3 Å². The Morgan fingerprint density at radius 3 is 2.44 bits per heavy atom. The summed E-state index contributed by atoms with van der Waals surface area (Å²) in [6, 6.07) is 10.3. The number of rotatable bonds is 6. The third-order valence-electron chi connectivity index (χ3n) is 4.94. The fourth-order valence-electron chi connectivity index (χ4n) is 3.42. The summed E-state index contributed by atoms with van der Waals surface area (Å²) in [5.41, 5.74) is 10.5. The number of benzene rings is 1. The van der Waals surface area contributed by atoms with Gasteiger partial charge in [0.1, 0.15) is 0 Å². The average molecular weight is 341 g/mol. The van der Waals surface area contributed by atoms with Gasteiger partial charge in [-0.25, -0.2) is 0 Å². The molecule has 5 heteroatoms. The molecular weight excluding hydrogens is 314 g/mol. The number of carbonyl (C=O) groups is 1. The Morgan fingerprint density at radius 1 is 1.12 bits per heavy atom. The number of carbonyl (C=O) groups excluding carboxylic acids is 1. The largest absolute Gasteiger partial charge is 0.379 e. The molecule has 0 radical (unpaired) electrons. The Hall–Kier alpha value is -2.11. The van der Waals surface area contributed by atoms with Gasteiger partial charge in [0.05, 0.1) is 18.8 Å². The van der Waals surface area contributed by atoms with Crippen LogP contribution in [0.3, 0.4) is 0 Å². The topological polar surface area (TPSA) is 60.5 Å². The first-order valence-corrected chi connectivity index (χ1v) is 8.93. The first kappa shape index (κ1) is 17.7. The summed E-state index contributed by atoms with van der Waals surface area (Å²) in [6.45, 7) is 9.62. The first-order valence-electron chi connectivity index (χ1n) is 8.93. The van der Waals surface area contributed by atoms with Crippen molar-refractivity contribution in [1.29, 1.82) is 0 Å². The smallest absolute Gasteiger partial charge is 0.250 e. The second-order valence-electron chi connectivity index (χ2n) is 6.72. The van der Waals surface area contributed by atoms with Gasteiger partial charge in [-0.1, -0.05) is 29.8 Å². The molecule has 1 aromatic carbocycles. The molecule has 1 aliphatic heterocycles. The van der Waals surface area contributed by atoms with Crippen LogP contribution in [0, 0.1) is 13.8 Å². The maximum Gasteiger partial charge on any atom is 0.250 e. The standard InChI is InChI=1S/C20H27N3O2/c1-15-4-6-17(7-5-15)19-14-18(20(21)24)16(2)23(19)9-3-8-22-10-12-25-13-11-22/h4-7,14H,3,8-13H2,1-2H3,(H2,21,24). The maximum absolute atomic E-state index is 11.8. The third-order valence-corrected chi connectivity index (χ3v) is 4.94. The van der Waals surface area contributed by atoms with E-state index in [1.807, 2.05) is 13.0 Å². The van der Waals surface area contributed by atoms with Crippen molar-refractivity contribution in [2.75, 3.05) is 32.8 Å². The molecule has 2 heterocycles. The molecule has 0 aliphatic carbocycles. The summed E-state index contributed by atoms with van der Waals surface area (Å²) < 4.78 is 7.63. The molecule has 0 saturated carbocycles. The van der Waals surface area contributed by atoms with E-state index in [0.717, 1.165) is 62.8 Å². The highest BCUT2D eigenvalue weighted by Crippen LogP contribution is 2.26. The molecule has 0 bridgehead atoms. The van der Waals surface area contributed by atoms with Crippen molar-refractivity contribution in [2.24, 2.45) is 5.73 Å². The van der Waals surface area contributed by atoms with Gasteiger partial charge < -0.3 is 15.0 Å². The average Bonchev–Trinajstić information content (AvgIpc) is 2.94. The Bertz CT molecular complexity index is 728. The van der Waals surface area contributed by atoms with E-state index in [2.05, 4.69) is 40.7 Å². The van der Waals surface area contributed by atoms with Crippen LogP contribution in [0.1, 0.15) is 28.0 Å². The number of primary amides is 1. The first-order chi connectivity index (χ1) is 12.1. The van der Waals surface area contributed by atoms with Crippen molar-refractivity contribution in [1.82, 2.24) is 9.47 Å². The molecule has 1 fully saturated rings. The molecule has 1 aliphatic rings. The number of aromatic nitrogens is 1. The highest BCUT2D eigenvalue weighted by Gasteiger charge is 2.17. The lowest BCUT2D eigenvalue weighted by Gasteiger charge is -2.26. The minimum Gasteiger partial charge on any atom is -0.379 e. The summed E-state index contributed by atoms with van der Waals surface area (Å²) in [5.74, 6) is -0.363. The van der Waals surface area contributed by atoms with E-state index in [4.69, 9.17) is 10.5 Å². The highest BCUT2D eigenvalue weighted by molar-refractivity contribution is 5.95. The molecule has 2 aromatic rings. The molecular formula is C20H27N3O2. The Balaban J connectivity index is 1.80. The lowest BCUT2D eigenvalue weighted by Crippen LogP contribution is -2.37. The van der Waals surface area contributed by atoms with E-state index in [9.17, 15) is 4.79 Å². The van der Waals surface area contributed by atoms with Crippen molar-refractivity contribution < 1.29 is 9.53 Å². The monoisotopic (exact) mass is 341 g/mol. The van der Waals surface area contributed by atoms with Crippen molar-refractivity contribution in [2.45, 2.75) is 26.8 Å². The lowest BCUT2D eigenvalue weighted by atomic mass is 10.1. The zero-order valence-electron chi connectivity index (χ0n) is 15.1. The van der Waals surface area contributed by atoms with Crippen LogP contribution in [0.4, 0.5) is 0 Å². The third kappa shape index (κ3) is 4.11. The van der Waals surface area contributed by atoms with E-state index in [1.54, 1.807) is 0 Å². The van der Waals surface area contributed by atoms with Gasteiger partial charge in [-0.3, -0.25) is 9.69 Å². The minimum atomic E-state index is -0.363. The quantitative estimate of drug-likeness (QED) is 0.878. The van der Waals surface area contributed by atoms with E-state index >= 15 is 0 Å². The van der Waals surface area contributed by atoms with Gasteiger partial charge in [0.25, 0.3) is 5.91 Å². The Kier molecular flexibility index (Phi) is 5.56. The number of hydrogen-bond donors (Lipinski definition) is 1. The molecule has 0 atom stereocenters. The number of amides is 1. The van der Waals surface area contributed by atoms with E-state index in [0.29, 0.717) is 5.56 Å². The fourth-order valence-corrected chi connectivity index (χ4v) is 3.42. The minimum absolute atomic E-state index is 0.363. The zero-order chi connectivity index (χ0) is 17.8. The molecule has 25 heavy (non-hydrogen) atoms. The van der Waals surface area contributed by atoms with Gasteiger partial charge >= 0.3 is 0 Å². The molecule has 5 nitrogen and oxygen atoms in total. The number of aryl methyl sites for hydroxylation is 1. The molecule has 1 saturated heterocycles. The molecule has 134 valence electrons. The summed E-state index contributed by atoms with van der Waals surface area (Å²) in [4.78, 5) is 14.2. The van der Waals surface area contributed by atoms with Crippen LogP contribution < -0.4 is 5.73 Å². The van der Waals surface area contributed by atoms with Gasteiger partial charge in [-0.15, -0.1) is 0 Å². The van der Waals surface area contributed by atoms with Crippen LogP contribution >= 0.6 is 0 Å². The predicted molar refractivity (Wildman–Crippen MR) is 99.7 cm³/mol. The summed E-state index contributed by atoms with van der Waals surface area (Å²) in [7, 11) is 0. The number of hydrogen-bond acceptors (Lipinski definition) is 3. The van der Waals surface area contributed by atoms with Crippen molar-refractivity contribution >= 4 is 5.91 Å². The molecule has 0 unspecified atom stereocenters. The van der Waals surface area contributed by atoms with Crippen LogP contribution in [-0.4, -0.2) is 48.2 Å². The Labute approximate surface area is 149 Å². The second kappa shape index (κ2) is 7.85. The van der Waals surface area contributed by atoms with Crippen molar-refractivity contribution in [3.05, 3.63) is 47.2 Å². The highest BCUT2D eigenvalue weighted by atomic mass is 16.5. The molecule has 0 spiro atoms. The predicted octanol–water partition coefficient (Wildman–Crippen LogP) is 2.59. The van der Waals surface area contributed by atoms with Crippen LogP contribution in [0.2, 0.25) is 0 Å².